The van der Waals surface area contributed by atoms with Crippen molar-refractivity contribution in [2.45, 2.75) is 19.2 Å². The van der Waals surface area contributed by atoms with Crippen molar-refractivity contribution in [3.05, 3.63) is 52.0 Å². The molecular formula is C20H19Cl2F3N2O3. The van der Waals surface area contributed by atoms with Gasteiger partial charge in [-0.15, -0.1) is 0 Å². The highest BCUT2D eigenvalue weighted by Crippen LogP contribution is 2.36. The van der Waals surface area contributed by atoms with Crippen LogP contribution in [0.3, 0.4) is 0 Å². The number of halogens is 5. The van der Waals surface area contributed by atoms with Crippen LogP contribution < -0.4 is 15.0 Å². The second-order valence-electron chi connectivity index (χ2n) is 6.65. The average Bonchev–Trinajstić information content (AvgIpc) is 2.70. The summed E-state index contributed by atoms with van der Waals surface area (Å²) in [5.41, 5.74) is -0.324. The maximum atomic E-state index is 13.2. The lowest BCUT2D eigenvalue weighted by Crippen LogP contribution is -2.37. The summed E-state index contributed by atoms with van der Waals surface area (Å²) in [4.78, 5) is 14.5. The van der Waals surface area contributed by atoms with Crippen LogP contribution in [0.25, 0.3) is 0 Å². The number of hydrogen-bond donors (Lipinski definition) is 1. The number of anilines is 2. The average molecular weight is 463 g/mol. The van der Waals surface area contributed by atoms with Crippen molar-refractivity contribution in [2.75, 3.05) is 36.5 Å². The van der Waals surface area contributed by atoms with Gasteiger partial charge in [0.2, 0.25) is 0 Å². The van der Waals surface area contributed by atoms with Crippen LogP contribution in [-0.4, -0.2) is 38.3 Å². The third-order valence-corrected chi connectivity index (χ3v) is 5.03. The van der Waals surface area contributed by atoms with E-state index in [1.807, 2.05) is 4.90 Å². The van der Waals surface area contributed by atoms with Crippen molar-refractivity contribution in [1.82, 2.24) is 0 Å². The molecular weight excluding hydrogens is 444 g/mol. The highest BCUT2D eigenvalue weighted by Gasteiger charge is 2.32. The third-order valence-electron chi connectivity index (χ3n) is 4.50. The molecule has 1 heterocycles. The van der Waals surface area contributed by atoms with Crippen molar-refractivity contribution in [1.29, 1.82) is 0 Å². The maximum absolute atomic E-state index is 13.2. The number of ether oxygens (including phenoxy) is 2. The first kappa shape index (κ1) is 22.5. The first-order valence-electron chi connectivity index (χ1n) is 9.11. The van der Waals surface area contributed by atoms with Crippen LogP contribution in [-0.2, 0) is 15.7 Å². The van der Waals surface area contributed by atoms with Gasteiger partial charge in [0.25, 0.3) is 5.91 Å². The zero-order valence-electron chi connectivity index (χ0n) is 15.9. The van der Waals surface area contributed by atoms with Gasteiger partial charge in [-0.05, 0) is 43.3 Å². The highest BCUT2D eigenvalue weighted by molar-refractivity contribution is 6.35. The molecule has 1 aliphatic rings. The second kappa shape index (κ2) is 9.32. The second-order valence-corrected chi connectivity index (χ2v) is 7.50. The Bertz CT molecular complexity index is 919. The number of nitrogens with one attached hydrogen (secondary N) is 1. The van der Waals surface area contributed by atoms with Gasteiger partial charge in [0.1, 0.15) is 5.75 Å². The standard InChI is InChI=1S/C20H19Cl2F3N2O3/c1-12(30-18-5-3-14(21)11-15(18)22)19(28)26-16-10-13(20(23,24)25)2-4-17(16)27-6-8-29-9-7-27/h2-5,10-12H,6-9H2,1H3,(H,26,28)/t12-/m0/s1. The fourth-order valence-electron chi connectivity index (χ4n) is 2.94. The molecule has 30 heavy (non-hydrogen) atoms. The van der Waals surface area contributed by atoms with Crippen LogP contribution in [0.4, 0.5) is 24.5 Å². The Morgan fingerprint density at radius 1 is 1.17 bits per heavy atom. The van der Waals surface area contributed by atoms with E-state index in [1.165, 1.54) is 25.1 Å². The van der Waals surface area contributed by atoms with Gasteiger partial charge in [-0.2, -0.15) is 13.2 Å². The zero-order chi connectivity index (χ0) is 21.9. The summed E-state index contributed by atoms with van der Waals surface area (Å²) < 4.78 is 50.5. The molecule has 0 spiro atoms. The molecule has 10 heteroatoms. The summed E-state index contributed by atoms with van der Waals surface area (Å²) >= 11 is 11.9. The molecule has 1 saturated heterocycles. The van der Waals surface area contributed by atoms with Gasteiger partial charge in [-0.25, -0.2) is 0 Å². The number of carbonyl (C=O) groups excluding carboxylic acids is 1. The molecule has 1 aliphatic heterocycles. The van der Waals surface area contributed by atoms with E-state index in [4.69, 9.17) is 32.7 Å². The minimum atomic E-state index is -4.54. The van der Waals surface area contributed by atoms with E-state index in [9.17, 15) is 18.0 Å². The highest BCUT2D eigenvalue weighted by atomic mass is 35.5. The lowest BCUT2D eigenvalue weighted by atomic mass is 10.1. The van der Waals surface area contributed by atoms with Crippen LogP contribution in [0.2, 0.25) is 10.0 Å². The molecule has 0 aliphatic carbocycles. The normalized spacial score (nSPS) is 15.6. The Morgan fingerprint density at radius 2 is 1.87 bits per heavy atom. The molecule has 5 nitrogen and oxygen atoms in total. The number of nitrogens with zero attached hydrogens (tertiary/aromatic N) is 1. The molecule has 0 aromatic heterocycles. The van der Waals surface area contributed by atoms with Crippen LogP contribution in [0.15, 0.2) is 36.4 Å². The van der Waals surface area contributed by atoms with Crippen LogP contribution in [0.1, 0.15) is 12.5 Å². The molecule has 2 aromatic rings. The van der Waals surface area contributed by atoms with Gasteiger partial charge in [-0.1, -0.05) is 23.2 Å². The Morgan fingerprint density at radius 3 is 2.50 bits per heavy atom. The molecule has 1 amide bonds. The molecule has 3 rings (SSSR count). The molecule has 2 aromatic carbocycles. The lowest BCUT2D eigenvalue weighted by Gasteiger charge is -2.31. The smallest absolute Gasteiger partial charge is 0.416 e. The topological polar surface area (TPSA) is 50.8 Å². The van der Waals surface area contributed by atoms with Gasteiger partial charge >= 0.3 is 6.18 Å². The molecule has 1 atom stereocenters. The zero-order valence-corrected chi connectivity index (χ0v) is 17.4. The predicted molar refractivity (Wildman–Crippen MR) is 110 cm³/mol. The lowest BCUT2D eigenvalue weighted by molar-refractivity contribution is -0.137. The van der Waals surface area contributed by atoms with E-state index in [2.05, 4.69) is 5.32 Å². The Labute approximate surface area is 181 Å². The molecule has 0 radical (unpaired) electrons. The van der Waals surface area contributed by atoms with Gasteiger partial charge < -0.3 is 19.7 Å². The molecule has 1 fully saturated rings. The van der Waals surface area contributed by atoms with Crippen molar-refractivity contribution in [2.24, 2.45) is 0 Å². The first-order chi connectivity index (χ1) is 14.1. The van der Waals surface area contributed by atoms with E-state index in [0.29, 0.717) is 37.0 Å². The summed E-state index contributed by atoms with van der Waals surface area (Å²) in [7, 11) is 0. The Kier molecular flexibility index (Phi) is 7.00. The van der Waals surface area contributed by atoms with E-state index in [1.54, 1.807) is 6.07 Å². The number of rotatable bonds is 5. The monoisotopic (exact) mass is 462 g/mol. The molecule has 1 N–H and O–H groups in total. The van der Waals surface area contributed by atoms with E-state index >= 15 is 0 Å². The summed E-state index contributed by atoms with van der Waals surface area (Å²) in [6.07, 6.45) is -5.56. The van der Waals surface area contributed by atoms with Crippen molar-refractivity contribution < 1.29 is 27.4 Å². The van der Waals surface area contributed by atoms with Crippen LogP contribution in [0.5, 0.6) is 5.75 Å². The first-order valence-corrected chi connectivity index (χ1v) is 9.87. The Balaban J connectivity index is 1.82. The fourth-order valence-corrected chi connectivity index (χ4v) is 3.39. The van der Waals surface area contributed by atoms with E-state index < -0.39 is 23.8 Å². The predicted octanol–water partition coefficient (Wildman–Crippen LogP) is 5.25. The number of carbonyl (C=O) groups is 1. The molecule has 0 saturated carbocycles. The fraction of sp³-hybridized carbons (Fsp3) is 0.350. The summed E-state index contributed by atoms with van der Waals surface area (Å²) in [6.45, 7) is 3.37. The molecule has 162 valence electrons. The number of hydrogen-bond acceptors (Lipinski definition) is 4. The quantitative estimate of drug-likeness (QED) is 0.658. The van der Waals surface area contributed by atoms with Gasteiger partial charge in [-0.3, -0.25) is 4.79 Å². The minimum absolute atomic E-state index is 0.0504. The van der Waals surface area contributed by atoms with Gasteiger partial charge in [0.15, 0.2) is 6.10 Å². The number of morpholine rings is 1. The molecule has 0 bridgehead atoms. The van der Waals surface area contributed by atoms with Crippen molar-refractivity contribution in [3.63, 3.8) is 0 Å². The van der Waals surface area contributed by atoms with Crippen LogP contribution >= 0.6 is 23.2 Å². The third kappa shape index (κ3) is 5.50. The molecule has 0 unspecified atom stereocenters. The summed E-state index contributed by atoms with van der Waals surface area (Å²) in [6, 6.07) is 7.80. The van der Waals surface area contributed by atoms with Crippen molar-refractivity contribution in [3.8, 4) is 5.75 Å². The number of benzene rings is 2. The van der Waals surface area contributed by atoms with E-state index in [-0.39, 0.29) is 16.5 Å². The summed E-state index contributed by atoms with van der Waals surface area (Å²) in [5, 5.41) is 3.18. The maximum Gasteiger partial charge on any atom is 0.416 e. The minimum Gasteiger partial charge on any atom is -0.479 e. The van der Waals surface area contributed by atoms with Crippen LogP contribution in [0, 0.1) is 0 Å². The van der Waals surface area contributed by atoms with E-state index in [0.717, 1.165) is 12.1 Å². The van der Waals surface area contributed by atoms with Gasteiger partial charge in [0, 0.05) is 18.1 Å². The number of alkyl halides is 3. The number of amides is 1. The largest absolute Gasteiger partial charge is 0.479 e. The Hall–Kier alpha value is -2.16. The summed E-state index contributed by atoms with van der Waals surface area (Å²) in [5.74, 6) is -0.379. The van der Waals surface area contributed by atoms with Crippen molar-refractivity contribution >= 4 is 40.5 Å². The van der Waals surface area contributed by atoms with Gasteiger partial charge in [0.05, 0.1) is 35.2 Å². The SMILES string of the molecule is C[C@H](Oc1ccc(Cl)cc1Cl)C(=O)Nc1cc(C(F)(F)F)ccc1N1CCOCC1.